The Kier molecular flexibility index (Phi) is 5.41. The lowest BCUT2D eigenvalue weighted by molar-refractivity contribution is -0.128. The van der Waals surface area contributed by atoms with E-state index < -0.39 is 25.3 Å². The van der Waals surface area contributed by atoms with Gasteiger partial charge in [-0.15, -0.1) is 13.2 Å². The summed E-state index contributed by atoms with van der Waals surface area (Å²) in [5, 5.41) is 10.5. The first-order valence-electron chi connectivity index (χ1n) is 7.62. The fraction of sp³-hybridized carbons (Fsp3) is 0.625. The number of carbonyl (C=O) groups excluding carboxylic acids is 1. The van der Waals surface area contributed by atoms with Crippen LogP contribution in [-0.4, -0.2) is 85.3 Å². The molecule has 0 aromatic carbocycles. The number of hydrogen-bond donors (Lipinski definition) is 1. The molecule has 1 amide bonds. The van der Waals surface area contributed by atoms with Crippen LogP contribution in [0, 0.1) is 0 Å². The Labute approximate surface area is 138 Å². The van der Waals surface area contributed by atoms with Crippen molar-refractivity contribution in [3.05, 3.63) is 24.7 Å². The van der Waals surface area contributed by atoms with Crippen molar-refractivity contribution in [3.63, 3.8) is 0 Å². The van der Waals surface area contributed by atoms with E-state index in [1.807, 2.05) is 0 Å². The molecule has 2 rings (SSSR count). The zero-order chi connectivity index (χ0) is 17.4. The Hall–Kier alpha value is -1.07. The van der Waals surface area contributed by atoms with Gasteiger partial charge in [0.15, 0.2) is 6.23 Å². The number of aliphatic hydroxyl groups is 1. The highest BCUT2D eigenvalue weighted by molar-refractivity contribution is 7.72. The summed E-state index contributed by atoms with van der Waals surface area (Å²) in [5.41, 5.74) is 0. The van der Waals surface area contributed by atoms with Gasteiger partial charge in [-0.2, -0.15) is 0 Å². The van der Waals surface area contributed by atoms with E-state index in [0.29, 0.717) is 5.82 Å². The lowest BCUT2D eigenvalue weighted by Gasteiger charge is -2.37. The molecule has 1 fully saturated rings. The number of methoxy groups -OCH3 is 1. The van der Waals surface area contributed by atoms with Crippen LogP contribution in [0.15, 0.2) is 24.7 Å². The lowest BCUT2D eigenvalue weighted by atomic mass is 10.1. The van der Waals surface area contributed by atoms with E-state index in [1.165, 1.54) is 11.0 Å². The van der Waals surface area contributed by atoms with E-state index in [-0.39, 0.29) is 12.0 Å². The number of carbonyl (C=O) groups is 1. The molecule has 0 aromatic rings. The van der Waals surface area contributed by atoms with Crippen LogP contribution in [0.4, 0.5) is 0 Å². The van der Waals surface area contributed by atoms with Crippen molar-refractivity contribution in [1.29, 1.82) is 0 Å². The highest BCUT2D eigenvalue weighted by atomic mass is 31.2. The minimum Gasteiger partial charge on any atom is -0.388 e. The molecule has 6 nitrogen and oxygen atoms in total. The molecule has 4 atom stereocenters. The molecule has 2 aliphatic rings. The number of ether oxygens (including phenoxy) is 2. The maximum atomic E-state index is 11.7. The molecule has 1 N–H and O–H groups in total. The van der Waals surface area contributed by atoms with Crippen LogP contribution in [0.3, 0.4) is 0 Å². The molecule has 130 valence electrons. The maximum Gasteiger partial charge on any atom is 0.253 e. The van der Waals surface area contributed by atoms with Crippen molar-refractivity contribution >= 4 is 19.1 Å². The molecule has 7 heteroatoms. The average Bonchev–Trinajstić information content (AvgIpc) is 2.78. The molecule has 2 aliphatic heterocycles. The standard InChI is InChI=1S/C16H27N2O4P/c1-11-17(2)13(19)7-9-18(11)16-15(21-3)14(20)12(22-16)8-10-23(4,5)6/h7,9,12,14-16,20H,1,4,8,10H2,2-3,5-6H3/t12-,14-,15-,16?/m1/s1. The van der Waals surface area contributed by atoms with Gasteiger partial charge in [0, 0.05) is 26.4 Å². The van der Waals surface area contributed by atoms with Crippen LogP contribution >= 0.6 is 6.89 Å². The van der Waals surface area contributed by atoms with Crippen LogP contribution in [0.25, 0.3) is 0 Å². The monoisotopic (exact) mass is 342 g/mol. The second kappa shape index (κ2) is 6.81. The van der Waals surface area contributed by atoms with Gasteiger partial charge in [0.2, 0.25) is 0 Å². The van der Waals surface area contributed by atoms with Gasteiger partial charge in [-0.3, -0.25) is 9.69 Å². The Morgan fingerprint density at radius 2 is 2.13 bits per heavy atom. The predicted molar refractivity (Wildman–Crippen MR) is 93.7 cm³/mol. The molecule has 0 bridgehead atoms. The topological polar surface area (TPSA) is 62.2 Å². The van der Waals surface area contributed by atoms with Crippen LogP contribution in [0.2, 0.25) is 0 Å². The van der Waals surface area contributed by atoms with E-state index in [1.54, 1.807) is 25.3 Å². The van der Waals surface area contributed by atoms with Crippen molar-refractivity contribution in [3.8, 4) is 0 Å². The molecular formula is C16H27N2O4P. The second-order valence-electron chi connectivity index (χ2n) is 6.74. The Morgan fingerprint density at radius 3 is 2.70 bits per heavy atom. The molecule has 1 unspecified atom stereocenters. The third kappa shape index (κ3) is 3.89. The van der Waals surface area contributed by atoms with Crippen molar-refractivity contribution < 1.29 is 19.4 Å². The second-order valence-corrected chi connectivity index (χ2v) is 11.1. The molecule has 0 aliphatic carbocycles. The molecular weight excluding hydrogens is 315 g/mol. The summed E-state index contributed by atoms with van der Waals surface area (Å²) in [4.78, 5) is 14.9. The minimum absolute atomic E-state index is 0.140. The fourth-order valence-corrected chi connectivity index (χ4v) is 3.74. The van der Waals surface area contributed by atoms with Crippen LogP contribution in [0.1, 0.15) is 6.42 Å². The van der Waals surface area contributed by atoms with Crippen molar-refractivity contribution in [2.75, 3.05) is 33.6 Å². The van der Waals surface area contributed by atoms with Gasteiger partial charge >= 0.3 is 0 Å². The summed E-state index contributed by atoms with van der Waals surface area (Å²) < 4.78 is 11.5. The van der Waals surface area contributed by atoms with Crippen molar-refractivity contribution in [1.82, 2.24) is 9.80 Å². The number of aliphatic hydroxyl groups excluding tert-OH is 1. The quantitative estimate of drug-likeness (QED) is 0.754. The summed E-state index contributed by atoms with van der Waals surface area (Å²) in [6.07, 6.45) is 6.91. The smallest absolute Gasteiger partial charge is 0.253 e. The Bertz CT molecular complexity index is 556. The summed E-state index contributed by atoms with van der Waals surface area (Å²) in [6.45, 7) is 7.07. The highest BCUT2D eigenvalue weighted by Crippen LogP contribution is 2.39. The predicted octanol–water partition coefficient (Wildman–Crippen LogP) is 0.945. The van der Waals surface area contributed by atoms with E-state index >= 15 is 0 Å². The van der Waals surface area contributed by atoms with Gasteiger partial charge in [-0.05, 0) is 25.9 Å². The third-order valence-corrected chi connectivity index (χ3v) is 5.74. The number of amides is 1. The first kappa shape index (κ1) is 18.3. The zero-order valence-corrected chi connectivity index (χ0v) is 15.2. The average molecular weight is 342 g/mol. The number of likely N-dealkylation sites (N-methyl/N-ethyl adjacent to an activating group) is 1. The first-order chi connectivity index (χ1) is 10.7. The van der Waals surface area contributed by atoms with Gasteiger partial charge in [-0.25, -0.2) is 0 Å². The number of nitrogens with zero attached hydrogens (tertiary/aromatic N) is 2. The molecule has 0 aromatic heterocycles. The lowest BCUT2D eigenvalue weighted by Crippen LogP contribution is -2.47. The molecule has 0 saturated carbocycles. The molecule has 1 saturated heterocycles. The molecule has 2 heterocycles. The number of hydrogen-bond acceptors (Lipinski definition) is 5. The molecule has 23 heavy (non-hydrogen) atoms. The van der Waals surface area contributed by atoms with Gasteiger partial charge in [0.1, 0.15) is 18.0 Å². The Morgan fingerprint density at radius 1 is 1.48 bits per heavy atom. The maximum absolute atomic E-state index is 11.7. The van der Waals surface area contributed by atoms with Gasteiger partial charge < -0.3 is 19.5 Å². The van der Waals surface area contributed by atoms with Gasteiger partial charge in [0.25, 0.3) is 5.91 Å². The summed E-state index contributed by atoms with van der Waals surface area (Å²) in [6, 6.07) is 0. The third-order valence-electron chi connectivity index (χ3n) is 4.27. The van der Waals surface area contributed by atoms with Crippen LogP contribution < -0.4 is 0 Å². The van der Waals surface area contributed by atoms with E-state index in [9.17, 15) is 9.90 Å². The summed E-state index contributed by atoms with van der Waals surface area (Å²) in [7, 11) is 3.21. The SMILES string of the molecule is C=C1N(C)C(=O)C=CN1C1O[C@H](CCP(=C)(C)C)[C@@H](O)[C@H]1OC. The van der Waals surface area contributed by atoms with Gasteiger partial charge in [0.05, 0.1) is 6.10 Å². The summed E-state index contributed by atoms with van der Waals surface area (Å²) in [5.74, 6) is 0.362. The summed E-state index contributed by atoms with van der Waals surface area (Å²) >= 11 is 0. The number of rotatable bonds is 5. The van der Waals surface area contributed by atoms with Crippen LogP contribution in [0.5, 0.6) is 0 Å². The van der Waals surface area contributed by atoms with E-state index in [0.717, 1.165) is 12.6 Å². The Balaban J connectivity index is 2.15. The fourth-order valence-electron chi connectivity index (χ4n) is 2.79. The largest absolute Gasteiger partial charge is 0.388 e. The van der Waals surface area contributed by atoms with E-state index in [4.69, 9.17) is 9.47 Å². The zero-order valence-electron chi connectivity index (χ0n) is 14.3. The first-order valence-corrected chi connectivity index (χ1v) is 10.7. The van der Waals surface area contributed by atoms with Crippen molar-refractivity contribution in [2.45, 2.75) is 31.0 Å². The minimum atomic E-state index is -1.19. The highest BCUT2D eigenvalue weighted by Gasteiger charge is 2.47. The van der Waals surface area contributed by atoms with Crippen molar-refractivity contribution in [2.24, 2.45) is 0 Å². The van der Waals surface area contributed by atoms with E-state index in [2.05, 4.69) is 26.2 Å². The molecule has 0 radical (unpaired) electrons. The normalized spacial score (nSPS) is 32.0. The van der Waals surface area contributed by atoms with Crippen LogP contribution in [-0.2, 0) is 14.3 Å². The molecule has 0 spiro atoms. The van der Waals surface area contributed by atoms with Gasteiger partial charge in [-0.1, -0.05) is 6.58 Å².